The van der Waals surface area contributed by atoms with Gasteiger partial charge in [0.25, 0.3) is 0 Å². The van der Waals surface area contributed by atoms with E-state index in [0.717, 1.165) is 19.5 Å². The summed E-state index contributed by atoms with van der Waals surface area (Å²) in [7, 11) is 0. The molecule has 0 aromatic carbocycles. The topological polar surface area (TPSA) is 20.3 Å². The van der Waals surface area contributed by atoms with Gasteiger partial charge in [0, 0.05) is 20.0 Å². The van der Waals surface area contributed by atoms with Gasteiger partial charge in [-0.05, 0) is 38.0 Å². The van der Waals surface area contributed by atoms with E-state index in [1.54, 1.807) is 6.92 Å². The van der Waals surface area contributed by atoms with Gasteiger partial charge in [-0.15, -0.1) is 0 Å². The van der Waals surface area contributed by atoms with Crippen LogP contribution in [0.4, 0.5) is 0 Å². The second-order valence-corrected chi connectivity index (χ2v) is 5.47. The number of nitrogens with zero attached hydrogens (tertiary/aromatic N) is 1. The van der Waals surface area contributed by atoms with Gasteiger partial charge >= 0.3 is 0 Å². The molecule has 0 fully saturated rings. The van der Waals surface area contributed by atoms with Crippen LogP contribution in [0.3, 0.4) is 0 Å². The molecule has 18 heavy (non-hydrogen) atoms. The molecule has 1 aliphatic carbocycles. The summed E-state index contributed by atoms with van der Waals surface area (Å²) in [5, 5.41) is 0. The number of allylic oxidation sites excluding steroid dienone is 3. The van der Waals surface area contributed by atoms with E-state index in [-0.39, 0.29) is 5.91 Å². The largest absolute Gasteiger partial charge is 0.339 e. The molecule has 0 N–H and O–H groups in total. The lowest BCUT2D eigenvalue weighted by Gasteiger charge is -2.24. The molecule has 0 saturated heterocycles. The van der Waals surface area contributed by atoms with Gasteiger partial charge in [0.1, 0.15) is 0 Å². The molecule has 2 nitrogen and oxygen atoms in total. The SMILES string of the molecule is CCCN(C/C=C\C1CCC(C)=CC1C)C(C)=O. The van der Waals surface area contributed by atoms with E-state index in [9.17, 15) is 4.79 Å². The van der Waals surface area contributed by atoms with Gasteiger partial charge in [-0.3, -0.25) is 4.79 Å². The van der Waals surface area contributed by atoms with Gasteiger partial charge in [0.15, 0.2) is 0 Å². The Hall–Kier alpha value is -1.05. The van der Waals surface area contributed by atoms with Crippen LogP contribution in [0.5, 0.6) is 0 Å². The van der Waals surface area contributed by atoms with Crippen LogP contribution in [0.2, 0.25) is 0 Å². The quantitative estimate of drug-likeness (QED) is 0.679. The molecule has 0 radical (unpaired) electrons. The van der Waals surface area contributed by atoms with Crippen LogP contribution >= 0.6 is 0 Å². The highest BCUT2D eigenvalue weighted by Crippen LogP contribution is 2.29. The lowest BCUT2D eigenvalue weighted by atomic mass is 9.82. The molecule has 0 spiro atoms. The van der Waals surface area contributed by atoms with Crippen molar-refractivity contribution in [2.45, 2.75) is 47.0 Å². The summed E-state index contributed by atoms with van der Waals surface area (Å²) in [6.07, 6.45) is 10.3. The molecule has 2 unspecified atom stereocenters. The zero-order chi connectivity index (χ0) is 13.5. The first-order valence-electron chi connectivity index (χ1n) is 7.14. The standard InChI is InChI=1S/C16H27NO/c1-5-10-17(15(4)18)11-6-7-16-9-8-13(2)12-14(16)3/h6-7,12,14,16H,5,8-11H2,1-4H3/b7-6-. The molecule has 0 saturated carbocycles. The van der Waals surface area contributed by atoms with Crippen molar-refractivity contribution in [1.29, 1.82) is 0 Å². The van der Waals surface area contributed by atoms with Crippen molar-refractivity contribution >= 4 is 5.91 Å². The van der Waals surface area contributed by atoms with Crippen molar-refractivity contribution in [3.63, 3.8) is 0 Å². The Balaban J connectivity index is 2.47. The molecule has 2 atom stereocenters. The van der Waals surface area contributed by atoms with E-state index in [4.69, 9.17) is 0 Å². The van der Waals surface area contributed by atoms with Gasteiger partial charge in [-0.1, -0.05) is 37.6 Å². The summed E-state index contributed by atoms with van der Waals surface area (Å²) in [4.78, 5) is 13.3. The van der Waals surface area contributed by atoms with Crippen LogP contribution in [0, 0.1) is 11.8 Å². The first kappa shape index (κ1) is 15.0. The van der Waals surface area contributed by atoms with Crippen molar-refractivity contribution < 1.29 is 4.79 Å². The highest BCUT2D eigenvalue weighted by atomic mass is 16.2. The van der Waals surface area contributed by atoms with E-state index >= 15 is 0 Å². The maximum Gasteiger partial charge on any atom is 0.219 e. The first-order chi connectivity index (χ1) is 8.54. The van der Waals surface area contributed by atoms with Crippen molar-refractivity contribution in [2.24, 2.45) is 11.8 Å². The van der Waals surface area contributed by atoms with Crippen LogP contribution in [-0.2, 0) is 4.79 Å². The molecule has 0 bridgehead atoms. The monoisotopic (exact) mass is 249 g/mol. The molecule has 102 valence electrons. The van der Waals surface area contributed by atoms with Gasteiger partial charge in [-0.2, -0.15) is 0 Å². The highest BCUT2D eigenvalue weighted by Gasteiger charge is 2.17. The third kappa shape index (κ3) is 4.67. The Labute approximate surface area is 112 Å². The minimum atomic E-state index is 0.175. The zero-order valence-corrected chi connectivity index (χ0v) is 12.3. The maximum absolute atomic E-state index is 11.4. The molecule has 1 rings (SSSR count). The molecule has 1 aliphatic rings. The second-order valence-electron chi connectivity index (χ2n) is 5.47. The van der Waals surface area contributed by atoms with Gasteiger partial charge < -0.3 is 4.90 Å². The summed E-state index contributed by atoms with van der Waals surface area (Å²) in [5.74, 6) is 1.45. The van der Waals surface area contributed by atoms with Crippen LogP contribution in [0.15, 0.2) is 23.8 Å². The molecule has 0 aromatic rings. The summed E-state index contributed by atoms with van der Waals surface area (Å²) < 4.78 is 0. The predicted molar refractivity (Wildman–Crippen MR) is 77.3 cm³/mol. The van der Waals surface area contributed by atoms with E-state index in [0.29, 0.717) is 11.8 Å². The van der Waals surface area contributed by atoms with Crippen LogP contribution in [0.25, 0.3) is 0 Å². The van der Waals surface area contributed by atoms with Gasteiger partial charge in [-0.25, -0.2) is 0 Å². The van der Waals surface area contributed by atoms with Crippen molar-refractivity contribution in [3.05, 3.63) is 23.8 Å². The minimum absolute atomic E-state index is 0.175. The fourth-order valence-electron chi connectivity index (χ4n) is 2.59. The number of amides is 1. The predicted octanol–water partition coefficient (Wildman–Crippen LogP) is 3.79. The Morgan fingerprint density at radius 1 is 1.56 bits per heavy atom. The zero-order valence-electron chi connectivity index (χ0n) is 12.3. The van der Waals surface area contributed by atoms with Crippen molar-refractivity contribution in [2.75, 3.05) is 13.1 Å². The number of rotatable bonds is 5. The Morgan fingerprint density at radius 3 is 2.83 bits per heavy atom. The third-order valence-corrected chi connectivity index (χ3v) is 3.74. The Morgan fingerprint density at radius 2 is 2.28 bits per heavy atom. The average molecular weight is 249 g/mol. The molecule has 1 amide bonds. The fourth-order valence-corrected chi connectivity index (χ4v) is 2.59. The molecule has 2 heteroatoms. The molecule has 0 aromatic heterocycles. The normalized spacial score (nSPS) is 24.1. The summed E-state index contributed by atoms with van der Waals surface area (Å²) >= 11 is 0. The van der Waals surface area contributed by atoms with Gasteiger partial charge in [0.2, 0.25) is 5.91 Å². The summed E-state index contributed by atoms with van der Waals surface area (Å²) in [6, 6.07) is 0. The Kier molecular flexibility index (Phi) is 6.17. The summed E-state index contributed by atoms with van der Waals surface area (Å²) in [6.45, 7) is 9.88. The van der Waals surface area contributed by atoms with Gasteiger partial charge in [0.05, 0.1) is 0 Å². The Bertz CT molecular complexity index is 330. The third-order valence-electron chi connectivity index (χ3n) is 3.74. The fraction of sp³-hybridized carbons (Fsp3) is 0.688. The lowest BCUT2D eigenvalue weighted by Crippen LogP contribution is -2.29. The molecular weight excluding hydrogens is 222 g/mol. The van der Waals surface area contributed by atoms with Crippen LogP contribution in [-0.4, -0.2) is 23.9 Å². The van der Waals surface area contributed by atoms with Crippen LogP contribution in [0.1, 0.15) is 47.0 Å². The lowest BCUT2D eigenvalue weighted by molar-refractivity contribution is -0.128. The van der Waals surface area contributed by atoms with E-state index in [1.807, 2.05) is 4.90 Å². The van der Waals surface area contributed by atoms with Crippen molar-refractivity contribution in [3.8, 4) is 0 Å². The van der Waals surface area contributed by atoms with Crippen molar-refractivity contribution in [1.82, 2.24) is 4.90 Å². The number of hydrogen-bond acceptors (Lipinski definition) is 1. The summed E-state index contributed by atoms with van der Waals surface area (Å²) in [5.41, 5.74) is 1.52. The molecular formula is C16H27NO. The molecule has 0 heterocycles. The number of carbonyl (C=O) groups is 1. The highest BCUT2D eigenvalue weighted by molar-refractivity contribution is 5.73. The molecule has 0 aliphatic heterocycles. The van der Waals surface area contributed by atoms with E-state index in [2.05, 4.69) is 39.0 Å². The van der Waals surface area contributed by atoms with E-state index in [1.165, 1.54) is 18.4 Å². The first-order valence-corrected chi connectivity index (χ1v) is 7.14. The average Bonchev–Trinajstić information content (AvgIpc) is 2.30. The smallest absolute Gasteiger partial charge is 0.219 e. The van der Waals surface area contributed by atoms with Crippen LogP contribution < -0.4 is 0 Å². The number of hydrogen-bond donors (Lipinski definition) is 0. The number of carbonyl (C=O) groups excluding carboxylic acids is 1. The minimum Gasteiger partial charge on any atom is -0.339 e. The maximum atomic E-state index is 11.4. The van der Waals surface area contributed by atoms with E-state index < -0.39 is 0 Å². The second kappa shape index (κ2) is 7.40.